The molecule has 0 fully saturated rings. The molecule has 0 unspecified atom stereocenters. The second-order valence-corrected chi connectivity index (χ2v) is 6.93. The fourth-order valence-electron chi connectivity index (χ4n) is 1.83. The van der Waals surface area contributed by atoms with Crippen molar-refractivity contribution in [1.29, 1.82) is 0 Å². The van der Waals surface area contributed by atoms with Crippen LogP contribution < -0.4 is 9.47 Å². The highest BCUT2D eigenvalue weighted by Crippen LogP contribution is 2.43. The van der Waals surface area contributed by atoms with E-state index in [2.05, 4.69) is 5.16 Å². The summed E-state index contributed by atoms with van der Waals surface area (Å²) in [5.41, 5.74) is -0.243. The standard InChI is InChI=1S/C17H19Cl3F3NO3/c1-11(2)24-27-7-4-3-6-26-16-13(17(21,22)23)9-12(10-14(16)18)25-8-5-15(19)20/h5,9-10H,3-4,6-8H2,1-2H3. The van der Waals surface area contributed by atoms with Crippen molar-refractivity contribution in [2.24, 2.45) is 5.16 Å². The molecule has 0 aliphatic heterocycles. The Balaban J connectivity index is 2.74. The summed E-state index contributed by atoms with van der Waals surface area (Å²) in [6, 6.07) is 2.06. The maximum Gasteiger partial charge on any atom is 0.420 e. The van der Waals surface area contributed by atoms with Crippen LogP contribution in [0.2, 0.25) is 5.02 Å². The first-order valence-electron chi connectivity index (χ1n) is 7.92. The number of unbranched alkanes of at least 4 members (excludes halogenated alkanes) is 1. The van der Waals surface area contributed by atoms with E-state index in [-0.39, 0.29) is 28.5 Å². The molecule has 4 nitrogen and oxygen atoms in total. The topological polar surface area (TPSA) is 40.0 Å². The lowest BCUT2D eigenvalue weighted by atomic mass is 10.1. The highest BCUT2D eigenvalue weighted by molar-refractivity contribution is 6.55. The molecule has 0 aliphatic carbocycles. The molecule has 0 radical (unpaired) electrons. The molecule has 0 bridgehead atoms. The number of hydrogen-bond donors (Lipinski definition) is 0. The van der Waals surface area contributed by atoms with Crippen molar-refractivity contribution in [1.82, 2.24) is 0 Å². The van der Waals surface area contributed by atoms with Crippen LogP contribution in [-0.2, 0) is 11.0 Å². The fourth-order valence-corrected chi connectivity index (χ4v) is 2.22. The Kier molecular flexibility index (Phi) is 10.1. The Morgan fingerprint density at radius 2 is 1.78 bits per heavy atom. The van der Waals surface area contributed by atoms with Crippen molar-refractivity contribution < 1.29 is 27.5 Å². The summed E-state index contributed by atoms with van der Waals surface area (Å²) < 4.78 is 50.4. The third-order valence-electron chi connectivity index (χ3n) is 2.93. The predicted molar refractivity (Wildman–Crippen MR) is 101 cm³/mol. The molecule has 0 saturated carbocycles. The van der Waals surface area contributed by atoms with E-state index in [0.29, 0.717) is 19.4 Å². The normalized spacial score (nSPS) is 11.0. The van der Waals surface area contributed by atoms with E-state index in [1.165, 1.54) is 12.1 Å². The predicted octanol–water partition coefficient (Wildman–Crippen LogP) is 6.63. The number of hydrogen-bond acceptors (Lipinski definition) is 4. The Morgan fingerprint density at radius 3 is 2.37 bits per heavy atom. The molecule has 10 heteroatoms. The highest BCUT2D eigenvalue weighted by atomic mass is 35.5. The summed E-state index contributed by atoms with van der Waals surface area (Å²) in [5.74, 6) is -0.516. The number of halogens is 6. The molecule has 0 atom stereocenters. The second-order valence-electron chi connectivity index (χ2n) is 5.51. The lowest BCUT2D eigenvalue weighted by Gasteiger charge is -2.17. The molecule has 0 heterocycles. The van der Waals surface area contributed by atoms with Gasteiger partial charge in [0.15, 0.2) is 0 Å². The van der Waals surface area contributed by atoms with Crippen LogP contribution in [0.1, 0.15) is 32.3 Å². The third kappa shape index (κ3) is 9.44. The molecule has 27 heavy (non-hydrogen) atoms. The second kappa shape index (κ2) is 11.5. The van der Waals surface area contributed by atoms with Crippen LogP contribution in [0.25, 0.3) is 0 Å². The Morgan fingerprint density at radius 1 is 1.11 bits per heavy atom. The number of rotatable bonds is 10. The van der Waals surface area contributed by atoms with Gasteiger partial charge in [-0.15, -0.1) is 0 Å². The molecule has 0 amide bonds. The molecule has 0 saturated heterocycles. The minimum Gasteiger partial charge on any atom is -0.491 e. The van der Waals surface area contributed by atoms with Gasteiger partial charge in [-0.1, -0.05) is 40.0 Å². The fraction of sp³-hybridized carbons (Fsp3) is 0.471. The molecule has 152 valence electrons. The summed E-state index contributed by atoms with van der Waals surface area (Å²) in [4.78, 5) is 5.01. The van der Waals surface area contributed by atoms with Crippen molar-refractivity contribution in [3.8, 4) is 11.5 Å². The van der Waals surface area contributed by atoms with Gasteiger partial charge >= 0.3 is 6.18 Å². The van der Waals surface area contributed by atoms with E-state index in [9.17, 15) is 13.2 Å². The molecule has 0 spiro atoms. The van der Waals surface area contributed by atoms with Crippen LogP contribution in [0.5, 0.6) is 11.5 Å². The summed E-state index contributed by atoms with van der Waals surface area (Å²) in [5, 5.41) is 3.55. The largest absolute Gasteiger partial charge is 0.491 e. The number of nitrogens with zero attached hydrogens (tertiary/aromatic N) is 1. The average molecular weight is 449 g/mol. The van der Waals surface area contributed by atoms with Crippen LogP contribution in [0.15, 0.2) is 27.9 Å². The zero-order chi connectivity index (χ0) is 20.4. The van der Waals surface area contributed by atoms with Crippen molar-refractivity contribution in [3.05, 3.63) is 33.3 Å². The van der Waals surface area contributed by atoms with E-state index in [1.807, 2.05) is 0 Å². The summed E-state index contributed by atoms with van der Waals surface area (Å²) in [7, 11) is 0. The van der Waals surface area contributed by atoms with Gasteiger partial charge in [0.25, 0.3) is 0 Å². The average Bonchev–Trinajstić information content (AvgIpc) is 2.53. The van der Waals surface area contributed by atoms with Crippen LogP contribution in [0.4, 0.5) is 13.2 Å². The first-order chi connectivity index (χ1) is 12.6. The first kappa shape index (κ1) is 23.7. The van der Waals surface area contributed by atoms with Crippen LogP contribution in [-0.4, -0.2) is 25.5 Å². The summed E-state index contributed by atoms with van der Waals surface area (Å²) in [6.45, 7) is 3.87. The third-order valence-corrected chi connectivity index (χ3v) is 3.52. The van der Waals surface area contributed by atoms with Crippen molar-refractivity contribution in [2.75, 3.05) is 19.8 Å². The number of benzene rings is 1. The Hall–Kier alpha value is -1.31. The van der Waals surface area contributed by atoms with Crippen molar-refractivity contribution >= 4 is 40.5 Å². The number of ether oxygens (including phenoxy) is 2. The van der Waals surface area contributed by atoms with Gasteiger partial charge in [0, 0.05) is 6.07 Å². The van der Waals surface area contributed by atoms with Crippen LogP contribution in [0, 0.1) is 0 Å². The first-order valence-corrected chi connectivity index (χ1v) is 9.05. The smallest absolute Gasteiger partial charge is 0.420 e. The molecule has 1 rings (SSSR count). The van der Waals surface area contributed by atoms with Gasteiger partial charge in [0.05, 0.1) is 17.3 Å². The van der Waals surface area contributed by atoms with E-state index < -0.39 is 17.5 Å². The van der Waals surface area contributed by atoms with Crippen molar-refractivity contribution in [3.63, 3.8) is 0 Å². The molecular weight excluding hydrogens is 430 g/mol. The molecule has 0 N–H and O–H groups in total. The zero-order valence-corrected chi connectivity index (χ0v) is 17.0. The van der Waals surface area contributed by atoms with E-state index >= 15 is 0 Å². The molecule has 1 aromatic rings. The van der Waals surface area contributed by atoms with Gasteiger partial charge in [0.2, 0.25) is 0 Å². The molecule has 0 aliphatic rings. The maximum atomic E-state index is 13.3. The number of alkyl halides is 3. The number of oxime groups is 1. The monoisotopic (exact) mass is 447 g/mol. The van der Waals surface area contributed by atoms with Crippen molar-refractivity contribution in [2.45, 2.75) is 32.9 Å². The van der Waals surface area contributed by atoms with E-state index in [1.54, 1.807) is 13.8 Å². The zero-order valence-electron chi connectivity index (χ0n) is 14.7. The maximum absolute atomic E-state index is 13.3. The van der Waals surface area contributed by atoms with E-state index in [0.717, 1.165) is 11.8 Å². The molecule has 0 aromatic heterocycles. The lowest BCUT2D eigenvalue weighted by molar-refractivity contribution is -0.139. The Labute approximate surface area is 170 Å². The lowest BCUT2D eigenvalue weighted by Crippen LogP contribution is -2.11. The SMILES string of the molecule is CC(C)=NOCCCCOc1c(Cl)cc(OCC=C(Cl)Cl)cc1C(F)(F)F. The highest BCUT2D eigenvalue weighted by Gasteiger charge is 2.36. The summed E-state index contributed by atoms with van der Waals surface area (Å²) >= 11 is 16.8. The van der Waals surface area contributed by atoms with Gasteiger partial charge in [0.1, 0.15) is 34.8 Å². The molecular formula is C17H19Cl3F3NO3. The quantitative estimate of drug-likeness (QED) is 0.229. The van der Waals surface area contributed by atoms with Gasteiger partial charge in [-0.2, -0.15) is 13.2 Å². The van der Waals surface area contributed by atoms with Crippen LogP contribution >= 0.6 is 34.8 Å². The van der Waals surface area contributed by atoms with Crippen LogP contribution in [0.3, 0.4) is 0 Å². The molecule has 1 aromatic carbocycles. The van der Waals surface area contributed by atoms with Gasteiger partial charge in [-0.05, 0) is 38.8 Å². The minimum absolute atomic E-state index is 0.0474. The van der Waals surface area contributed by atoms with Gasteiger partial charge in [-0.3, -0.25) is 0 Å². The summed E-state index contributed by atoms with van der Waals surface area (Å²) in [6.07, 6.45) is -2.32. The van der Waals surface area contributed by atoms with E-state index in [4.69, 9.17) is 49.1 Å². The van der Waals surface area contributed by atoms with Gasteiger partial charge in [-0.25, -0.2) is 0 Å². The minimum atomic E-state index is -4.66. The van der Waals surface area contributed by atoms with Gasteiger partial charge < -0.3 is 14.3 Å². The Bertz CT molecular complexity index is 671.